The van der Waals surface area contributed by atoms with Crippen molar-refractivity contribution < 1.29 is 0 Å². The number of halogens is 1. The Balaban J connectivity index is 1.86. The van der Waals surface area contributed by atoms with E-state index in [0.29, 0.717) is 17.9 Å². The van der Waals surface area contributed by atoms with Gasteiger partial charge in [0, 0.05) is 28.7 Å². The van der Waals surface area contributed by atoms with Gasteiger partial charge in [0.15, 0.2) is 0 Å². The van der Waals surface area contributed by atoms with Gasteiger partial charge in [0.2, 0.25) is 5.95 Å². The van der Waals surface area contributed by atoms with Gasteiger partial charge in [-0.25, -0.2) is 4.98 Å². The van der Waals surface area contributed by atoms with Crippen LogP contribution in [0.15, 0.2) is 24.3 Å². The molecule has 1 heterocycles. The average molecular weight is 331 g/mol. The molecule has 0 spiro atoms. The van der Waals surface area contributed by atoms with Crippen LogP contribution in [0.4, 0.5) is 17.5 Å². The summed E-state index contributed by atoms with van der Waals surface area (Å²) in [6.45, 7) is 6.29. The first kappa shape index (κ1) is 16.1. The number of hydrogen-bond donors (Lipinski definition) is 2. The number of hydrogen-bond acceptors (Lipinski definition) is 4. The van der Waals surface area contributed by atoms with Crippen LogP contribution in [0, 0.1) is 6.92 Å². The highest BCUT2D eigenvalue weighted by Crippen LogP contribution is 2.40. The van der Waals surface area contributed by atoms with Gasteiger partial charge in [-0.1, -0.05) is 18.5 Å². The summed E-state index contributed by atoms with van der Waals surface area (Å²) < 4.78 is 0. The predicted octanol–water partition coefficient (Wildman–Crippen LogP) is 5.27. The first-order chi connectivity index (χ1) is 11.0. The minimum absolute atomic E-state index is 0.357. The van der Waals surface area contributed by atoms with Crippen LogP contribution in [-0.2, 0) is 0 Å². The van der Waals surface area contributed by atoms with Gasteiger partial charge >= 0.3 is 0 Å². The molecule has 0 saturated heterocycles. The summed E-state index contributed by atoms with van der Waals surface area (Å²) in [6, 6.07) is 8.32. The van der Waals surface area contributed by atoms with Crippen LogP contribution in [0.5, 0.6) is 0 Å². The number of anilines is 3. The van der Waals surface area contributed by atoms with Crippen LogP contribution in [0.1, 0.15) is 50.3 Å². The van der Waals surface area contributed by atoms with E-state index >= 15 is 0 Å². The van der Waals surface area contributed by atoms with E-state index < -0.39 is 0 Å². The Kier molecular flexibility index (Phi) is 4.71. The van der Waals surface area contributed by atoms with E-state index in [-0.39, 0.29) is 0 Å². The Bertz CT molecular complexity index is 697. The standard InChI is InChI=1S/C18H23ClN4/c1-4-12(3)20-18-22-16(13-5-6-13)10-17(23-18)21-14-7-8-15(19)11(2)9-14/h7-10,12-13H,4-6H2,1-3H3,(H2,20,21,22,23)/t12-/m1/s1. The molecule has 0 bridgehead atoms. The van der Waals surface area contributed by atoms with Crippen LogP contribution in [-0.4, -0.2) is 16.0 Å². The Morgan fingerprint density at radius 1 is 1.26 bits per heavy atom. The molecule has 122 valence electrons. The highest BCUT2D eigenvalue weighted by molar-refractivity contribution is 6.31. The molecule has 4 nitrogen and oxygen atoms in total. The van der Waals surface area contributed by atoms with Crippen molar-refractivity contribution in [1.82, 2.24) is 9.97 Å². The summed E-state index contributed by atoms with van der Waals surface area (Å²) in [5.41, 5.74) is 3.16. The first-order valence-electron chi connectivity index (χ1n) is 8.24. The lowest BCUT2D eigenvalue weighted by Gasteiger charge is -2.14. The van der Waals surface area contributed by atoms with Gasteiger partial charge in [-0.2, -0.15) is 4.98 Å². The molecule has 1 aromatic carbocycles. The Hall–Kier alpha value is -1.81. The zero-order valence-corrected chi connectivity index (χ0v) is 14.6. The van der Waals surface area contributed by atoms with Crippen LogP contribution in [0.3, 0.4) is 0 Å². The van der Waals surface area contributed by atoms with Gasteiger partial charge in [-0.05, 0) is 56.9 Å². The largest absolute Gasteiger partial charge is 0.352 e. The third-order valence-electron chi connectivity index (χ3n) is 4.16. The van der Waals surface area contributed by atoms with E-state index in [0.717, 1.165) is 34.2 Å². The third-order valence-corrected chi connectivity index (χ3v) is 4.58. The Morgan fingerprint density at radius 3 is 2.70 bits per heavy atom. The van der Waals surface area contributed by atoms with Gasteiger partial charge in [-0.3, -0.25) is 0 Å². The van der Waals surface area contributed by atoms with Crippen LogP contribution >= 0.6 is 11.6 Å². The van der Waals surface area contributed by atoms with Crippen molar-refractivity contribution in [3.05, 3.63) is 40.5 Å². The van der Waals surface area contributed by atoms with Crippen molar-refractivity contribution in [2.24, 2.45) is 0 Å². The molecule has 0 amide bonds. The number of nitrogens with one attached hydrogen (secondary N) is 2. The van der Waals surface area contributed by atoms with Gasteiger partial charge in [0.05, 0.1) is 5.69 Å². The molecule has 2 N–H and O–H groups in total. The zero-order valence-electron chi connectivity index (χ0n) is 13.9. The molecule has 0 radical (unpaired) electrons. The van der Waals surface area contributed by atoms with E-state index in [2.05, 4.69) is 40.5 Å². The molecule has 3 rings (SSSR count). The third kappa shape index (κ3) is 4.14. The predicted molar refractivity (Wildman–Crippen MR) is 96.9 cm³/mol. The molecule has 1 atom stereocenters. The van der Waals surface area contributed by atoms with E-state index in [1.807, 2.05) is 25.1 Å². The summed E-state index contributed by atoms with van der Waals surface area (Å²) in [4.78, 5) is 9.29. The SMILES string of the molecule is CC[C@@H](C)Nc1nc(Nc2ccc(Cl)c(C)c2)cc(C2CC2)n1. The molecule has 1 aromatic heterocycles. The molecule has 2 aromatic rings. The number of nitrogens with zero attached hydrogens (tertiary/aromatic N) is 2. The number of benzene rings is 1. The summed E-state index contributed by atoms with van der Waals surface area (Å²) >= 11 is 6.09. The highest BCUT2D eigenvalue weighted by atomic mass is 35.5. The second-order valence-electron chi connectivity index (χ2n) is 6.32. The monoisotopic (exact) mass is 330 g/mol. The summed E-state index contributed by atoms with van der Waals surface area (Å²) in [6.07, 6.45) is 3.48. The van der Waals surface area contributed by atoms with E-state index in [9.17, 15) is 0 Å². The van der Waals surface area contributed by atoms with Crippen molar-refractivity contribution in [2.75, 3.05) is 10.6 Å². The molecular formula is C18H23ClN4. The van der Waals surface area contributed by atoms with Gasteiger partial charge in [0.25, 0.3) is 0 Å². The summed E-state index contributed by atoms with van der Waals surface area (Å²) in [7, 11) is 0. The van der Waals surface area contributed by atoms with E-state index in [1.54, 1.807) is 0 Å². The van der Waals surface area contributed by atoms with Crippen molar-refractivity contribution in [1.29, 1.82) is 0 Å². The van der Waals surface area contributed by atoms with Gasteiger partial charge < -0.3 is 10.6 Å². The molecular weight excluding hydrogens is 308 g/mol. The van der Waals surface area contributed by atoms with Gasteiger partial charge in [0.1, 0.15) is 5.82 Å². The van der Waals surface area contributed by atoms with Crippen molar-refractivity contribution in [2.45, 2.75) is 52.0 Å². The molecule has 5 heteroatoms. The molecule has 1 aliphatic rings. The molecule has 1 fully saturated rings. The average Bonchev–Trinajstić information content (AvgIpc) is 3.35. The Morgan fingerprint density at radius 2 is 2.04 bits per heavy atom. The van der Waals surface area contributed by atoms with Crippen molar-refractivity contribution in [3.8, 4) is 0 Å². The van der Waals surface area contributed by atoms with E-state index in [4.69, 9.17) is 11.6 Å². The normalized spacial score (nSPS) is 15.3. The lowest BCUT2D eigenvalue weighted by atomic mass is 10.2. The molecule has 0 unspecified atom stereocenters. The summed E-state index contributed by atoms with van der Waals surface area (Å²) in [5, 5.41) is 7.53. The van der Waals surface area contributed by atoms with Gasteiger partial charge in [-0.15, -0.1) is 0 Å². The minimum Gasteiger partial charge on any atom is -0.352 e. The number of rotatable bonds is 6. The molecule has 1 aliphatic carbocycles. The lowest BCUT2D eigenvalue weighted by molar-refractivity contribution is 0.750. The van der Waals surface area contributed by atoms with E-state index in [1.165, 1.54) is 12.8 Å². The Labute approximate surface area is 142 Å². The highest BCUT2D eigenvalue weighted by Gasteiger charge is 2.26. The van der Waals surface area contributed by atoms with Crippen LogP contribution in [0.25, 0.3) is 0 Å². The quantitative estimate of drug-likeness (QED) is 0.757. The topological polar surface area (TPSA) is 49.8 Å². The number of aromatic nitrogens is 2. The second kappa shape index (κ2) is 6.75. The molecule has 1 saturated carbocycles. The van der Waals surface area contributed by atoms with Crippen LogP contribution in [0.2, 0.25) is 5.02 Å². The second-order valence-corrected chi connectivity index (χ2v) is 6.73. The minimum atomic E-state index is 0.357. The lowest BCUT2D eigenvalue weighted by Crippen LogP contribution is -2.16. The van der Waals surface area contributed by atoms with Crippen molar-refractivity contribution in [3.63, 3.8) is 0 Å². The fourth-order valence-electron chi connectivity index (χ4n) is 2.38. The maximum atomic E-state index is 6.09. The zero-order chi connectivity index (χ0) is 16.4. The first-order valence-corrected chi connectivity index (χ1v) is 8.61. The molecule has 0 aliphatic heterocycles. The number of aryl methyl sites for hydroxylation is 1. The maximum Gasteiger partial charge on any atom is 0.225 e. The fraction of sp³-hybridized carbons (Fsp3) is 0.444. The smallest absolute Gasteiger partial charge is 0.225 e. The maximum absolute atomic E-state index is 6.09. The summed E-state index contributed by atoms with van der Waals surface area (Å²) in [5.74, 6) is 2.12. The molecule has 23 heavy (non-hydrogen) atoms. The van der Waals surface area contributed by atoms with Crippen molar-refractivity contribution >= 4 is 29.1 Å². The van der Waals surface area contributed by atoms with Crippen LogP contribution < -0.4 is 10.6 Å². The fourth-order valence-corrected chi connectivity index (χ4v) is 2.49.